The van der Waals surface area contributed by atoms with Crippen molar-refractivity contribution in [3.8, 4) is 0 Å². The zero-order valence-electron chi connectivity index (χ0n) is 9.18. The van der Waals surface area contributed by atoms with Crippen molar-refractivity contribution in [2.45, 2.75) is 26.2 Å². The molecule has 2 amide bonds. The first-order valence-corrected chi connectivity index (χ1v) is 5.28. The molecule has 0 spiro atoms. The summed E-state index contributed by atoms with van der Waals surface area (Å²) in [5.41, 5.74) is 0. The summed E-state index contributed by atoms with van der Waals surface area (Å²) < 4.78 is 0. The first-order chi connectivity index (χ1) is 7.52. The van der Waals surface area contributed by atoms with E-state index in [1.54, 1.807) is 6.92 Å². The van der Waals surface area contributed by atoms with Crippen LogP contribution in [0, 0.1) is 5.92 Å². The van der Waals surface area contributed by atoms with Crippen molar-refractivity contribution < 1.29 is 19.5 Å². The molecule has 5 nitrogen and oxygen atoms in total. The van der Waals surface area contributed by atoms with Crippen LogP contribution in [0.3, 0.4) is 0 Å². The lowest BCUT2D eigenvalue weighted by atomic mass is 10.0. The number of aliphatic carboxylic acids is 1. The van der Waals surface area contributed by atoms with Crippen molar-refractivity contribution in [2.24, 2.45) is 5.92 Å². The Balaban J connectivity index is 2.19. The summed E-state index contributed by atoms with van der Waals surface area (Å²) in [5.74, 6) is -1.74. The normalized spacial score (nSPS) is 16.9. The van der Waals surface area contributed by atoms with E-state index in [0.717, 1.165) is 0 Å². The van der Waals surface area contributed by atoms with E-state index in [0.29, 0.717) is 25.8 Å². The Morgan fingerprint density at radius 2 is 1.88 bits per heavy atom. The van der Waals surface area contributed by atoms with E-state index in [1.165, 1.54) is 17.1 Å². The first-order valence-electron chi connectivity index (χ1n) is 5.28. The molecule has 0 fully saturated rings. The van der Waals surface area contributed by atoms with E-state index in [-0.39, 0.29) is 17.7 Å². The highest BCUT2D eigenvalue weighted by Gasteiger charge is 2.22. The number of hydrogen-bond donors (Lipinski definition) is 1. The molecule has 1 aliphatic rings. The van der Waals surface area contributed by atoms with Crippen LogP contribution in [-0.2, 0) is 14.4 Å². The third-order valence-electron chi connectivity index (χ3n) is 2.59. The number of carbonyl (C=O) groups is 3. The van der Waals surface area contributed by atoms with Crippen molar-refractivity contribution >= 4 is 17.8 Å². The minimum atomic E-state index is -0.810. The van der Waals surface area contributed by atoms with Crippen molar-refractivity contribution in [1.29, 1.82) is 0 Å². The highest BCUT2D eigenvalue weighted by atomic mass is 16.4. The van der Waals surface area contributed by atoms with Crippen LogP contribution in [0.1, 0.15) is 26.2 Å². The molecule has 5 heteroatoms. The largest absolute Gasteiger partial charge is 0.481 e. The molecule has 0 saturated heterocycles. The van der Waals surface area contributed by atoms with Crippen LogP contribution in [-0.4, -0.2) is 34.3 Å². The smallest absolute Gasteiger partial charge is 0.306 e. The van der Waals surface area contributed by atoms with Gasteiger partial charge in [-0.2, -0.15) is 0 Å². The number of unbranched alkanes of at least 4 members (excludes halogenated alkanes) is 1. The fourth-order valence-electron chi connectivity index (χ4n) is 1.50. The molecule has 88 valence electrons. The lowest BCUT2D eigenvalue weighted by molar-refractivity contribution is -0.142. The van der Waals surface area contributed by atoms with Gasteiger partial charge in [0, 0.05) is 18.7 Å². The van der Waals surface area contributed by atoms with Crippen LogP contribution in [0.25, 0.3) is 0 Å². The Bertz CT molecular complexity index is 317. The van der Waals surface area contributed by atoms with Gasteiger partial charge in [-0.1, -0.05) is 13.3 Å². The summed E-state index contributed by atoms with van der Waals surface area (Å²) >= 11 is 0. The summed E-state index contributed by atoms with van der Waals surface area (Å²) in [5, 5.41) is 8.65. The van der Waals surface area contributed by atoms with E-state index in [4.69, 9.17) is 5.11 Å². The SMILES string of the molecule is CC(CCCCN1C(=O)C=CC1=O)C(=O)O. The molecule has 1 aliphatic heterocycles. The number of carboxylic acid groups (broad SMARTS) is 1. The van der Waals surface area contributed by atoms with Gasteiger partial charge in [0.2, 0.25) is 0 Å². The fraction of sp³-hybridized carbons (Fsp3) is 0.545. The number of amides is 2. The molecule has 1 rings (SSSR count). The molecule has 0 aromatic rings. The van der Waals surface area contributed by atoms with Crippen molar-refractivity contribution in [3.05, 3.63) is 12.2 Å². The van der Waals surface area contributed by atoms with Gasteiger partial charge < -0.3 is 5.11 Å². The van der Waals surface area contributed by atoms with Gasteiger partial charge >= 0.3 is 5.97 Å². The Kier molecular flexibility index (Phi) is 4.22. The van der Waals surface area contributed by atoms with Crippen molar-refractivity contribution in [2.75, 3.05) is 6.54 Å². The molecule has 0 bridgehead atoms. The van der Waals surface area contributed by atoms with E-state index in [2.05, 4.69) is 0 Å². The minimum absolute atomic E-state index is 0.281. The van der Waals surface area contributed by atoms with Gasteiger partial charge in [-0.05, 0) is 12.8 Å². The van der Waals surface area contributed by atoms with E-state index in [9.17, 15) is 14.4 Å². The molecule has 1 unspecified atom stereocenters. The van der Waals surface area contributed by atoms with E-state index < -0.39 is 5.97 Å². The molecule has 0 aromatic carbocycles. The molecule has 1 N–H and O–H groups in total. The zero-order valence-corrected chi connectivity index (χ0v) is 9.18. The second-order valence-corrected chi connectivity index (χ2v) is 3.90. The van der Waals surface area contributed by atoms with Gasteiger partial charge in [-0.25, -0.2) is 0 Å². The maximum absolute atomic E-state index is 11.1. The maximum Gasteiger partial charge on any atom is 0.306 e. The summed E-state index contributed by atoms with van der Waals surface area (Å²) in [7, 11) is 0. The highest BCUT2D eigenvalue weighted by Crippen LogP contribution is 2.10. The Morgan fingerprint density at radius 1 is 1.31 bits per heavy atom. The Labute approximate surface area is 93.7 Å². The monoisotopic (exact) mass is 225 g/mol. The molecule has 0 radical (unpaired) electrons. The number of rotatable bonds is 6. The lowest BCUT2D eigenvalue weighted by Crippen LogP contribution is -2.30. The van der Waals surface area contributed by atoms with Gasteiger partial charge in [-0.15, -0.1) is 0 Å². The molecule has 0 saturated carbocycles. The molecule has 1 atom stereocenters. The predicted molar refractivity (Wildman–Crippen MR) is 56.5 cm³/mol. The quantitative estimate of drug-likeness (QED) is 0.536. The summed E-state index contributed by atoms with van der Waals surface area (Å²) in [6.07, 6.45) is 4.42. The zero-order chi connectivity index (χ0) is 12.1. The average Bonchev–Trinajstić information content (AvgIpc) is 2.54. The van der Waals surface area contributed by atoms with Gasteiger partial charge in [0.1, 0.15) is 0 Å². The van der Waals surface area contributed by atoms with E-state index in [1.807, 2.05) is 0 Å². The van der Waals surface area contributed by atoms with Crippen LogP contribution >= 0.6 is 0 Å². The molecular formula is C11H15NO4. The molecular weight excluding hydrogens is 210 g/mol. The molecule has 0 aromatic heterocycles. The maximum atomic E-state index is 11.1. The summed E-state index contributed by atoms with van der Waals surface area (Å²) in [6.45, 7) is 2.02. The van der Waals surface area contributed by atoms with Gasteiger partial charge in [0.25, 0.3) is 11.8 Å². The number of nitrogens with zero attached hydrogens (tertiary/aromatic N) is 1. The topological polar surface area (TPSA) is 74.7 Å². The average molecular weight is 225 g/mol. The van der Waals surface area contributed by atoms with Crippen LogP contribution < -0.4 is 0 Å². The first kappa shape index (κ1) is 12.4. The minimum Gasteiger partial charge on any atom is -0.481 e. The third kappa shape index (κ3) is 3.18. The van der Waals surface area contributed by atoms with Gasteiger partial charge in [0.15, 0.2) is 0 Å². The standard InChI is InChI=1S/C11H15NO4/c1-8(11(15)16)4-2-3-7-12-9(13)5-6-10(12)14/h5-6,8H,2-4,7H2,1H3,(H,15,16). The molecule has 16 heavy (non-hydrogen) atoms. The number of hydrogen-bond acceptors (Lipinski definition) is 3. The second kappa shape index (κ2) is 5.44. The summed E-state index contributed by atoms with van der Waals surface area (Å²) in [6, 6.07) is 0. The number of carbonyl (C=O) groups excluding carboxylic acids is 2. The van der Waals surface area contributed by atoms with Crippen LogP contribution in [0.5, 0.6) is 0 Å². The predicted octanol–water partition coefficient (Wildman–Crippen LogP) is 0.802. The number of imide groups is 1. The molecule has 0 aliphatic carbocycles. The fourth-order valence-corrected chi connectivity index (χ4v) is 1.50. The third-order valence-corrected chi connectivity index (χ3v) is 2.59. The van der Waals surface area contributed by atoms with Crippen molar-refractivity contribution in [1.82, 2.24) is 4.90 Å². The van der Waals surface area contributed by atoms with Crippen LogP contribution in [0.4, 0.5) is 0 Å². The molecule has 1 heterocycles. The Hall–Kier alpha value is -1.65. The Morgan fingerprint density at radius 3 is 2.38 bits per heavy atom. The van der Waals surface area contributed by atoms with Gasteiger partial charge in [0.05, 0.1) is 5.92 Å². The van der Waals surface area contributed by atoms with Crippen LogP contribution in [0.15, 0.2) is 12.2 Å². The van der Waals surface area contributed by atoms with Crippen molar-refractivity contribution in [3.63, 3.8) is 0 Å². The van der Waals surface area contributed by atoms with Crippen LogP contribution in [0.2, 0.25) is 0 Å². The van der Waals surface area contributed by atoms with E-state index >= 15 is 0 Å². The van der Waals surface area contributed by atoms with Gasteiger partial charge in [-0.3, -0.25) is 19.3 Å². The second-order valence-electron chi connectivity index (χ2n) is 3.90. The lowest BCUT2D eigenvalue weighted by Gasteiger charge is -2.13. The summed E-state index contributed by atoms with van der Waals surface area (Å²) in [4.78, 5) is 34.0. The highest BCUT2D eigenvalue weighted by molar-refractivity contribution is 6.12. The number of carboxylic acids is 1.